The fourth-order valence-electron chi connectivity index (χ4n) is 2.96. The molecule has 0 aliphatic carbocycles. The number of fused-ring (bicyclic) bond motifs is 3. The molecule has 0 fully saturated rings. The van der Waals surface area contributed by atoms with E-state index in [2.05, 4.69) is 73.8 Å². The summed E-state index contributed by atoms with van der Waals surface area (Å²) >= 11 is 0. The van der Waals surface area contributed by atoms with E-state index in [1.165, 1.54) is 32.8 Å². The Bertz CT molecular complexity index is 841. The summed E-state index contributed by atoms with van der Waals surface area (Å²) < 4.78 is 2.20. The number of pyridine rings is 1. The lowest BCUT2D eigenvalue weighted by Gasteiger charge is -2.10. The molecule has 98 valence electrons. The highest BCUT2D eigenvalue weighted by Crippen LogP contribution is 2.31. The van der Waals surface area contributed by atoms with Gasteiger partial charge in [-0.3, -0.25) is 0 Å². The van der Waals surface area contributed by atoms with E-state index in [0.29, 0.717) is 0 Å². The molecule has 1 aromatic heterocycles. The van der Waals surface area contributed by atoms with Crippen LogP contribution in [0.2, 0.25) is 0 Å². The number of nitrogens with zero attached hydrogens (tertiary/aromatic N) is 1. The SMILES string of the molecule is C=C/C=C\c1c(C)c2c(ccc[n+]2C)c2ccccc12. The van der Waals surface area contributed by atoms with Gasteiger partial charge in [-0.05, 0) is 29.3 Å². The van der Waals surface area contributed by atoms with Gasteiger partial charge in [0.15, 0.2) is 6.20 Å². The lowest BCUT2D eigenvalue weighted by atomic mass is 9.94. The molecule has 3 aromatic rings. The number of hydrogen-bond donors (Lipinski definition) is 0. The van der Waals surface area contributed by atoms with Crippen molar-refractivity contribution in [2.45, 2.75) is 6.92 Å². The minimum absolute atomic E-state index is 1.27. The van der Waals surface area contributed by atoms with Crippen LogP contribution in [0.4, 0.5) is 0 Å². The smallest absolute Gasteiger partial charge is 0.201 e. The van der Waals surface area contributed by atoms with Crippen molar-refractivity contribution in [2.24, 2.45) is 7.05 Å². The van der Waals surface area contributed by atoms with Gasteiger partial charge in [-0.2, -0.15) is 0 Å². The molecular formula is C19H18N+. The summed E-state index contributed by atoms with van der Waals surface area (Å²) in [6.45, 7) is 5.97. The standard InChI is InChI=1S/C19H18N/c1-4-5-9-15-14(2)19-18(12-8-13-20(19)3)17-11-7-6-10-16(15)17/h4-13H,1H2,2-3H3/q+1/b9-5-. The first kappa shape index (κ1) is 12.6. The third-order valence-electron chi connectivity index (χ3n) is 3.85. The largest absolute Gasteiger partial charge is 0.216 e. The average molecular weight is 260 g/mol. The highest BCUT2D eigenvalue weighted by molar-refractivity contribution is 6.10. The van der Waals surface area contributed by atoms with Gasteiger partial charge in [-0.25, -0.2) is 4.57 Å². The Kier molecular flexibility index (Phi) is 3.11. The third-order valence-corrected chi connectivity index (χ3v) is 3.85. The maximum Gasteiger partial charge on any atom is 0.216 e. The number of allylic oxidation sites excluding steroid dienone is 2. The van der Waals surface area contributed by atoms with Gasteiger partial charge in [0.05, 0.1) is 5.39 Å². The van der Waals surface area contributed by atoms with Crippen LogP contribution < -0.4 is 4.57 Å². The quantitative estimate of drug-likeness (QED) is 0.367. The van der Waals surface area contributed by atoms with Crippen LogP contribution >= 0.6 is 0 Å². The summed E-state index contributed by atoms with van der Waals surface area (Å²) in [4.78, 5) is 0. The summed E-state index contributed by atoms with van der Waals surface area (Å²) in [6.07, 6.45) is 8.08. The van der Waals surface area contributed by atoms with Crippen molar-refractivity contribution in [3.8, 4) is 0 Å². The van der Waals surface area contributed by atoms with Crippen molar-refractivity contribution in [1.82, 2.24) is 0 Å². The third kappa shape index (κ3) is 1.83. The average Bonchev–Trinajstić information content (AvgIpc) is 2.47. The maximum atomic E-state index is 3.77. The Morgan fingerprint density at radius 3 is 2.45 bits per heavy atom. The van der Waals surface area contributed by atoms with Crippen LogP contribution in [0, 0.1) is 6.92 Å². The minimum Gasteiger partial charge on any atom is -0.201 e. The van der Waals surface area contributed by atoms with Crippen LogP contribution in [0.25, 0.3) is 27.8 Å². The first-order valence-corrected chi connectivity index (χ1v) is 6.83. The van der Waals surface area contributed by atoms with Crippen molar-refractivity contribution in [3.05, 3.63) is 72.5 Å². The van der Waals surface area contributed by atoms with Crippen molar-refractivity contribution >= 4 is 27.8 Å². The second kappa shape index (κ2) is 4.93. The fourth-order valence-corrected chi connectivity index (χ4v) is 2.96. The van der Waals surface area contributed by atoms with Gasteiger partial charge in [-0.15, -0.1) is 0 Å². The van der Waals surface area contributed by atoms with Crippen LogP contribution in [-0.2, 0) is 7.05 Å². The molecule has 0 saturated carbocycles. The summed E-state index contributed by atoms with van der Waals surface area (Å²) in [5.41, 5.74) is 3.87. The number of aryl methyl sites for hydroxylation is 2. The highest BCUT2D eigenvalue weighted by atomic mass is 14.9. The molecule has 1 heteroatoms. The first-order chi connectivity index (χ1) is 9.74. The summed E-state index contributed by atoms with van der Waals surface area (Å²) in [6, 6.07) is 12.9. The zero-order chi connectivity index (χ0) is 14.1. The topological polar surface area (TPSA) is 3.88 Å². The second-order valence-electron chi connectivity index (χ2n) is 5.06. The van der Waals surface area contributed by atoms with Crippen molar-refractivity contribution in [2.75, 3.05) is 0 Å². The fraction of sp³-hybridized carbons (Fsp3) is 0.105. The van der Waals surface area contributed by atoms with E-state index in [4.69, 9.17) is 0 Å². The Morgan fingerprint density at radius 2 is 1.70 bits per heavy atom. The number of rotatable bonds is 2. The van der Waals surface area contributed by atoms with Crippen LogP contribution in [0.15, 0.2) is 61.3 Å². The normalized spacial score (nSPS) is 11.5. The van der Waals surface area contributed by atoms with Crippen molar-refractivity contribution in [3.63, 3.8) is 0 Å². The van der Waals surface area contributed by atoms with E-state index in [0.717, 1.165) is 0 Å². The van der Waals surface area contributed by atoms with E-state index in [1.807, 2.05) is 12.2 Å². The van der Waals surface area contributed by atoms with Gasteiger partial charge in [0, 0.05) is 11.6 Å². The van der Waals surface area contributed by atoms with Crippen LogP contribution in [0.1, 0.15) is 11.1 Å². The molecule has 0 spiro atoms. The van der Waals surface area contributed by atoms with E-state index < -0.39 is 0 Å². The molecule has 20 heavy (non-hydrogen) atoms. The van der Waals surface area contributed by atoms with Crippen molar-refractivity contribution in [1.29, 1.82) is 0 Å². The van der Waals surface area contributed by atoms with Gasteiger partial charge in [0.25, 0.3) is 0 Å². The molecule has 0 radical (unpaired) electrons. The van der Waals surface area contributed by atoms with Gasteiger partial charge in [0.1, 0.15) is 7.05 Å². The van der Waals surface area contributed by atoms with E-state index in [9.17, 15) is 0 Å². The number of hydrogen-bond acceptors (Lipinski definition) is 0. The van der Waals surface area contributed by atoms with Gasteiger partial charge < -0.3 is 0 Å². The molecule has 1 heterocycles. The Morgan fingerprint density at radius 1 is 1.00 bits per heavy atom. The zero-order valence-electron chi connectivity index (χ0n) is 11.9. The van der Waals surface area contributed by atoms with Gasteiger partial charge >= 0.3 is 0 Å². The monoisotopic (exact) mass is 260 g/mol. The summed E-state index contributed by atoms with van der Waals surface area (Å²) in [5.74, 6) is 0. The lowest BCUT2D eigenvalue weighted by molar-refractivity contribution is -0.645. The predicted octanol–water partition coefficient (Wildman–Crippen LogP) is 4.33. The van der Waals surface area contributed by atoms with E-state index in [1.54, 1.807) is 0 Å². The van der Waals surface area contributed by atoms with E-state index >= 15 is 0 Å². The van der Waals surface area contributed by atoms with Crippen molar-refractivity contribution < 1.29 is 4.57 Å². The molecule has 0 N–H and O–H groups in total. The van der Waals surface area contributed by atoms with Crippen LogP contribution in [0.3, 0.4) is 0 Å². The molecule has 0 bridgehead atoms. The molecule has 3 rings (SSSR count). The van der Waals surface area contributed by atoms with Crippen LogP contribution in [-0.4, -0.2) is 0 Å². The Hall–Kier alpha value is -2.41. The maximum absolute atomic E-state index is 3.77. The summed E-state index contributed by atoms with van der Waals surface area (Å²) in [7, 11) is 2.10. The molecule has 0 unspecified atom stereocenters. The highest BCUT2D eigenvalue weighted by Gasteiger charge is 2.15. The molecule has 0 amide bonds. The zero-order valence-corrected chi connectivity index (χ0v) is 11.9. The lowest BCUT2D eigenvalue weighted by Crippen LogP contribution is -2.29. The minimum atomic E-state index is 1.27. The molecular weight excluding hydrogens is 242 g/mol. The molecule has 0 aliphatic rings. The predicted molar refractivity (Wildman–Crippen MR) is 86.6 cm³/mol. The van der Waals surface area contributed by atoms with Crippen LogP contribution in [0.5, 0.6) is 0 Å². The molecule has 0 atom stereocenters. The van der Waals surface area contributed by atoms with Gasteiger partial charge in [0.2, 0.25) is 5.52 Å². The first-order valence-electron chi connectivity index (χ1n) is 6.83. The number of benzene rings is 2. The Balaban J connectivity index is 2.58. The molecule has 1 nitrogen and oxygen atoms in total. The van der Waals surface area contributed by atoms with E-state index in [-0.39, 0.29) is 0 Å². The molecule has 0 saturated heterocycles. The number of aromatic nitrogens is 1. The van der Waals surface area contributed by atoms with Gasteiger partial charge in [-0.1, -0.05) is 49.1 Å². The summed E-state index contributed by atoms with van der Waals surface area (Å²) in [5, 5.41) is 3.90. The second-order valence-corrected chi connectivity index (χ2v) is 5.06. The Labute approximate surface area is 119 Å². The molecule has 0 aliphatic heterocycles. The molecule has 2 aromatic carbocycles.